The minimum Gasteiger partial charge on any atom is -0.480 e. The van der Waals surface area contributed by atoms with Gasteiger partial charge in [0.25, 0.3) is 5.91 Å². The minimum absolute atomic E-state index is 0.0657. The van der Waals surface area contributed by atoms with Gasteiger partial charge < -0.3 is 10.1 Å². The molecule has 0 aliphatic carbocycles. The average Bonchev–Trinajstić information content (AvgIpc) is 2.81. The molecular weight excluding hydrogens is 369 g/mol. The third-order valence-electron chi connectivity index (χ3n) is 3.42. The lowest BCUT2D eigenvalue weighted by Gasteiger charge is -2.09. The molecule has 1 aliphatic heterocycles. The third-order valence-corrected chi connectivity index (χ3v) is 4.34. The molecule has 1 amide bonds. The Morgan fingerprint density at radius 2 is 1.88 bits per heavy atom. The van der Waals surface area contributed by atoms with Crippen LogP contribution in [0.25, 0.3) is 11.6 Å². The Balaban J connectivity index is 2.04. The van der Waals surface area contributed by atoms with Crippen molar-refractivity contribution in [2.24, 2.45) is 0 Å². The Kier molecular flexibility index (Phi) is 4.94. The lowest BCUT2D eigenvalue weighted by molar-refractivity contribution is -0.110. The summed E-state index contributed by atoms with van der Waals surface area (Å²) in [5.41, 5.74) is 2.56. The highest BCUT2D eigenvalue weighted by atomic mass is 35.5. The molecule has 1 heterocycles. The van der Waals surface area contributed by atoms with E-state index < -0.39 is 10.8 Å². The molecule has 1 unspecified atom stereocenters. The second-order valence-corrected chi connectivity index (χ2v) is 7.47. The van der Waals surface area contributed by atoms with Crippen LogP contribution in [0.5, 0.6) is 5.75 Å². The number of hydrogen-bond donors (Lipinski definition) is 1. The summed E-state index contributed by atoms with van der Waals surface area (Å²) in [5.74, 6) is 0.352. The van der Waals surface area contributed by atoms with E-state index >= 15 is 0 Å². The summed E-state index contributed by atoms with van der Waals surface area (Å²) in [5, 5.41) is 3.84. The zero-order valence-electron chi connectivity index (χ0n) is 12.6. The van der Waals surface area contributed by atoms with Crippen molar-refractivity contribution in [3.63, 3.8) is 0 Å². The summed E-state index contributed by atoms with van der Waals surface area (Å²) >= 11 is 12.0. The highest BCUT2D eigenvalue weighted by molar-refractivity contribution is 7.84. The Hall–Kier alpha value is -1.82. The van der Waals surface area contributed by atoms with E-state index in [0.29, 0.717) is 32.6 Å². The van der Waals surface area contributed by atoms with Gasteiger partial charge in [0.2, 0.25) is 0 Å². The molecule has 24 heavy (non-hydrogen) atoms. The first-order valence-electron chi connectivity index (χ1n) is 6.99. The van der Waals surface area contributed by atoms with E-state index in [1.807, 2.05) is 0 Å². The maximum absolute atomic E-state index is 12.3. The number of rotatable bonds is 4. The molecule has 7 heteroatoms. The number of halogens is 2. The quantitative estimate of drug-likeness (QED) is 0.807. The first-order valence-corrected chi connectivity index (χ1v) is 9.48. The van der Waals surface area contributed by atoms with Crippen molar-refractivity contribution in [2.75, 3.05) is 17.5 Å². The number of carbonyl (C=O) groups is 1. The molecule has 0 saturated heterocycles. The number of carbonyl (C=O) groups excluding carboxylic acids is 1. The van der Waals surface area contributed by atoms with Gasteiger partial charge in [-0.3, -0.25) is 9.00 Å². The third kappa shape index (κ3) is 3.64. The molecule has 0 saturated carbocycles. The van der Waals surface area contributed by atoms with E-state index in [2.05, 4.69) is 5.32 Å². The molecule has 2 aromatic carbocycles. The molecule has 0 bridgehead atoms. The van der Waals surface area contributed by atoms with Crippen molar-refractivity contribution in [3.8, 4) is 5.75 Å². The Morgan fingerprint density at radius 1 is 1.17 bits per heavy atom. The highest BCUT2D eigenvalue weighted by Gasteiger charge is 2.24. The summed E-state index contributed by atoms with van der Waals surface area (Å²) in [4.78, 5) is 12.3. The minimum atomic E-state index is -1.10. The van der Waals surface area contributed by atoms with Crippen LogP contribution in [0, 0.1) is 0 Å². The molecule has 124 valence electrons. The molecule has 2 aromatic rings. The summed E-state index contributed by atoms with van der Waals surface area (Å²) in [6, 6.07) is 10.3. The van der Waals surface area contributed by atoms with E-state index in [9.17, 15) is 9.00 Å². The first kappa shape index (κ1) is 17.0. The lowest BCUT2D eigenvalue weighted by atomic mass is 10.0. The van der Waals surface area contributed by atoms with Crippen molar-refractivity contribution in [3.05, 3.63) is 57.6 Å². The largest absolute Gasteiger partial charge is 0.480 e. The van der Waals surface area contributed by atoms with Crippen molar-refractivity contribution >= 4 is 57.2 Å². The van der Waals surface area contributed by atoms with Gasteiger partial charge in [-0.05, 0) is 36.4 Å². The summed E-state index contributed by atoms with van der Waals surface area (Å²) in [7, 11) is -1.10. The maximum atomic E-state index is 12.3. The molecule has 1 N–H and O–H groups in total. The SMILES string of the molecule is CS(=O)COc1ccc(Cl)cc1C=C1C(=O)Nc2cc(Cl)ccc21. The monoisotopic (exact) mass is 381 g/mol. The Bertz CT molecular complexity index is 880. The number of nitrogens with one attached hydrogen (secondary N) is 1. The topological polar surface area (TPSA) is 55.4 Å². The molecule has 0 aromatic heterocycles. The fourth-order valence-corrected chi connectivity index (χ4v) is 3.02. The van der Waals surface area contributed by atoms with Gasteiger partial charge in [0, 0.05) is 33.0 Å². The smallest absolute Gasteiger partial charge is 0.256 e. The van der Waals surface area contributed by atoms with Gasteiger partial charge in [0.15, 0.2) is 5.94 Å². The van der Waals surface area contributed by atoms with Crippen LogP contribution in [-0.4, -0.2) is 22.3 Å². The maximum Gasteiger partial charge on any atom is 0.256 e. The molecule has 4 nitrogen and oxygen atoms in total. The number of fused-ring (bicyclic) bond motifs is 1. The van der Waals surface area contributed by atoms with E-state index in [1.165, 1.54) is 0 Å². The normalized spacial score (nSPS) is 16.0. The zero-order valence-corrected chi connectivity index (χ0v) is 15.0. The van der Waals surface area contributed by atoms with Crippen LogP contribution in [-0.2, 0) is 15.6 Å². The molecule has 3 rings (SSSR count). The second-order valence-electron chi connectivity index (χ2n) is 5.22. The predicted octanol–water partition coefficient (Wildman–Crippen LogP) is 4.20. The van der Waals surface area contributed by atoms with E-state index in [-0.39, 0.29) is 11.8 Å². The Morgan fingerprint density at radius 3 is 2.62 bits per heavy atom. The molecule has 1 aliphatic rings. The second kappa shape index (κ2) is 6.97. The molecule has 0 fully saturated rings. The van der Waals surface area contributed by atoms with Gasteiger partial charge in [-0.25, -0.2) is 0 Å². The molecule has 1 atom stereocenters. The van der Waals surface area contributed by atoms with E-state index in [0.717, 1.165) is 5.56 Å². The number of amides is 1. The first-order chi connectivity index (χ1) is 11.4. The van der Waals surface area contributed by atoms with Crippen LogP contribution in [0.4, 0.5) is 5.69 Å². The molecule has 0 radical (unpaired) electrons. The number of ether oxygens (including phenoxy) is 1. The fourth-order valence-electron chi connectivity index (χ4n) is 2.38. The Labute approximate surface area is 151 Å². The number of hydrogen-bond acceptors (Lipinski definition) is 3. The van der Waals surface area contributed by atoms with Gasteiger partial charge in [-0.1, -0.05) is 29.3 Å². The van der Waals surface area contributed by atoms with Gasteiger partial charge >= 0.3 is 0 Å². The van der Waals surface area contributed by atoms with E-state index in [4.69, 9.17) is 27.9 Å². The molecule has 0 spiro atoms. The van der Waals surface area contributed by atoms with E-state index in [1.54, 1.807) is 48.7 Å². The van der Waals surface area contributed by atoms with Crippen LogP contribution in [0.3, 0.4) is 0 Å². The summed E-state index contributed by atoms with van der Waals surface area (Å²) in [6.07, 6.45) is 3.26. The number of anilines is 1. The van der Waals surface area contributed by atoms with Crippen LogP contribution in [0.2, 0.25) is 10.0 Å². The zero-order chi connectivity index (χ0) is 17.3. The van der Waals surface area contributed by atoms with Crippen molar-refractivity contribution < 1.29 is 13.7 Å². The van der Waals surface area contributed by atoms with Crippen molar-refractivity contribution in [1.29, 1.82) is 0 Å². The van der Waals surface area contributed by atoms with Crippen molar-refractivity contribution in [2.45, 2.75) is 0 Å². The van der Waals surface area contributed by atoms with Crippen LogP contribution < -0.4 is 10.1 Å². The van der Waals surface area contributed by atoms with Crippen LogP contribution in [0.15, 0.2) is 36.4 Å². The van der Waals surface area contributed by atoms with Gasteiger partial charge in [0.05, 0.1) is 16.5 Å². The van der Waals surface area contributed by atoms with Gasteiger partial charge in [-0.2, -0.15) is 0 Å². The van der Waals surface area contributed by atoms with Crippen molar-refractivity contribution in [1.82, 2.24) is 0 Å². The predicted molar refractivity (Wildman–Crippen MR) is 99.0 cm³/mol. The lowest BCUT2D eigenvalue weighted by Crippen LogP contribution is -2.05. The van der Waals surface area contributed by atoms with Crippen LogP contribution >= 0.6 is 23.2 Å². The number of benzene rings is 2. The van der Waals surface area contributed by atoms with Crippen LogP contribution in [0.1, 0.15) is 11.1 Å². The summed E-state index contributed by atoms with van der Waals surface area (Å²) in [6.45, 7) is 0. The van der Waals surface area contributed by atoms with Gasteiger partial charge in [0.1, 0.15) is 5.75 Å². The fraction of sp³-hybridized carbons (Fsp3) is 0.118. The highest BCUT2D eigenvalue weighted by Crippen LogP contribution is 2.36. The average molecular weight is 382 g/mol. The standard InChI is InChI=1S/C17H13Cl2NO3S/c1-24(22)9-23-16-5-3-11(18)6-10(16)7-14-13-4-2-12(19)8-15(13)20-17(14)21/h2-8H,9H2,1H3,(H,20,21). The summed E-state index contributed by atoms with van der Waals surface area (Å²) < 4.78 is 16.8. The van der Waals surface area contributed by atoms with Gasteiger partial charge in [-0.15, -0.1) is 0 Å². The molecular formula is C17H13Cl2NO3S.